The van der Waals surface area contributed by atoms with Crippen LogP contribution in [0.25, 0.3) is 0 Å². The zero-order valence-electron chi connectivity index (χ0n) is 23.5. The van der Waals surface area contributed by atoms with Crippen LogP contribution in [0.15, 0.2) is 49.2 Å². The summed E-state index contributed by atoms with van der Waals surface area (Å²) in [5, 5.41) is 6.12. The second-order valence-corrected chi connectivity index (χ2v) is 11.6. The van der Waals surface area contributed by atoms with Crippen molar-refractivity contribution in [2.75, 3.05) is 67.9 Å². The molecule has 3 rings (SSSR count). The minimum atomic E-state index is -3.61. The molecule has 0 aliphatic heterocycles. The number of hydrogen-bond donors (Lipinski definition) is 3. The van der Waals surface area contributed by atoms with Crippen LogP contribution in [0.2, 0.25) is 5.02 Å². The molecule has 0 fully saturated rings. The van der Waals surface area contributed by atoms with Crippen LogP contribution in [0.4, 0.5) is 33.1 Å². The number of amides is 1. The summed E-state index contributed by atoms with van der Waals surface area (Å²) in [6, 6.07) is 7.18. The summed E-state index contributed by atoms with van der Waals surface area (Å²) in [7, 11) is 3.75. The molecule has 1 aromatic heterocycles. The Hall–Kier alpha value is -3.94. The number of aromatic nitrogens is 2. The highest BCUT2D eigenvalue weighted by molar-refractivity contribution is 7.92. The van der Waals surface area contributed by atoms with Gasteiger partial charge in [-0.1, -0.05) is 18.2 Å². The van der Waals surface area contributed by atoms with Gasteiger partial charge in [0, 0.05) is 32.6 Å². The summed E-state index contributed by atoms with van der Waals surface area (Å²) in [6.07, 6.45) is 3.57. The van der Waals surface area contributed by atoms with E-state index in [1.54, 1.807) is 12.1 Å². The second-order valence-electron chi connectivity index (χ2n) is 9.45. The average molecular weight is 606 g/mol. The zero-order chi connectivity index (χ0) is 30.3. The van der Waals surface area contributed by atoms with E-state index in [1.807, 2.05) is 30.9 Å². The number of carbonyl (C=O) groups is 1. The summed E-state index contributed by atoms with van der Waals surface area (Å²) < 4.78 is 45.7. The van der Waals surface area contributed by atoms with Gasteiger partial charge in [0.2, 0.25) is 21.9 Å². The van der Waals surface area contributed by atoms with E-state index in [-0.39, 0.29) is 29.0 Å². The minimum absolute atomic E-state index is 0.0129. The molecule has 0 bridgehead atoms. The van der Waals surface area contributed by atoms with Crippen molar-refractivity contribution in [1.82, 2.24) is 14.9 Å². The van der Waals surface area contributed by atoms with E-state index in [0.717, 1.165) is 24.6 Å². The van der Waals surface area contributed by atoms with Crippen molar-refractivity contribution in [2.24, 2.45) is 0 Å². The molecular weight excluding hydrogens is 573 g/mol. The fraction of sp³-hybridized carbons (Fsp3) is 0.296. The smallest absolute Gasteiger partial charge is 0.247 e. The van der Waals surface area contributed by atoms with Gasteiger partial charge in [0.15, 0.2) is 0 Å². The first-order valence-corrected chi connectivity index (χ1v) is 14.6. The van der Waals surface area contributed by atoms with E-state index >= 15 is 0 Å². The molecule has 41 heavy (non-hydrogen) atoms. The maximum Gasteiger partial charge on any atom is 0.247 e. The van der Waals surface area contributed by atoms with Crippen molar-refractivity contribution < 1.29 is 22.3 Å². The summed E-state index contributed by atoms with van der Waals surface area (Å²) in [5.41, 5.74) is 2.54. The van der Waals surface area contributed by atoms with Crippen molar-refractivity contribution >= 4 is 56.2 Å². The van der Waals surface area contributed by atoms with Crippen molar-refractivity contribution in [3.63, 3.8) is 0 Å². The Balaban J connectivity index is 1.99. The molecule has 11 nitrogen and oxygen atoms in total. The average Bonchev–Trinajstić information content (AvgIpc) is 2.90. The van der Waals surface area contributed by atoms with Crippen LogP contribution in [-0.4, -0.2) is 76.8 Å². The number of carbonyl (C=O) groups excluding carboxylic acids is 1. The summed E-state index contributed by atoms with van der Waals surface area (Å²) in [6.45, 7) is 4.99. The maximum atomic E-state index is 14.1. The number of nitrogens with one attached hydrogen (secondary N) is 3. The van der Waals surface area contributed by atoms with Crippen molar-refractivity contribution in [3.8, 4) is 5.75 Å². The lowest BCUT2D eigenvalue weighted by atomic mass is 10.1. The molecule has 3 aromatic rings. The maximum absolute atomic E-state index is 14.1. The normalized spacial score (nSPS) is 11.2. The predicted molar refractivity (Wildman–Crippen MR) is 162 cm³/mol. The van der Waals surface area contributed by atoms with Gasteiger partial charge in [-0.05, 0) is 50.0 Å². The summed E-state index contributed by atoms with van der Waals surface area (Å²) >= 11 is 6.36. The van der Waals surface area contributed by atoms with Crippen molar-refractivity contribution in [1.29, 1.82) is 0 Å². The summed E-state index contributed by atoms with van der Waals surface area (Å²) in [4.78, 5) is 25.0. The van der Waals surface area contributed by atoms with Gasteiger partial charge in [-0.2, -0.15) is 0 Å². The van der Waals surface area contributed by atoms with E-state index in [1.165, 1.54) is 31.5 Å². The number of methoxy groups -OCH3 is 1. The largest absolute Gasteiger partial charge is 0.494 e. The van der Waals surface area contributed by atoms with Gasteiger partial charge in [0.05, 0.1) is 53.0 Å². The van der Waals surface area contributed by atoms with Gasteiger partial charge >= 0.3 is 0 Å². The molecule has 1 amide bonds. The molecular formula is C27H33ClFN7O4S. The van der Waals surface area contributed by atoms with Gasteiger partial charge in [0.1, 0.15) is 11.6 Å². The first kappa shape index (κ1) is 31.6. The zero-order valence-corrected chi connectivity index (χ0v) is 25.0. The lowest BCUT2D eigenvalue weighted by molar-refractivity contribution is -0.111. The SMILES string of the molecule is C=CC(=O)Nc1cc(Nc2ncc(Cl)c(Cc3cc(F)ccc3NS(C)(=O)=O)n2)c(OC)cc1N(C)CCN(C)C. The molecule has 14 heteroatoms. The highest BCUT2D eigenvalue weighted by Crippen LogP contribution is 2.38. The summed E-state index contributed by atoms with van der Waals surface area (Å²) in [5.74, 6) is -0.330. The predicted octanol–water partition coefficient (Wildman–Crippen LogP) is 4.11. The number of rotatable bonds is 13. The van der Waals surface area contributed by atoms with Crippen molar-refractivity contribution in [3.05, 3.63) is 71.3 Å². The van der Waals surface area contributed by atoms with Gasteiger partial charge in [-0.3, -0.25) is 9.52 Å². The molecule has 0 saturated carbocycles. The number of anilines is 5. The highest BCUT2D eigenvalue weighted by Gasteiger charge is 2.18. The Morgan fingerprint density at radius 3 is 2.51 bits per heavy atom. The number of halogens is 2. The number of nitrogens with zero attached hydrogens (tertiary/aromatic N) is 4. The molecule has 0 radical (unpaired) electrons. The Labute approximate surface area is 244 Å². The van der Waals surface area contributed by atoms with Gasteiger partial charge in [-0.15, -0.1) is 0 Å². The molecule has 1 heterocycles. The molecule has 0 aliphatic rings. The quantitative estimate of drug-likeness (QED) is 0.247. The fourth-order valence-electron chi connectivity index (χ4n) is 3.80. The number of sulfonamides is 1. The topological polar surface area (TPSA) is 129 Å². The molecule has 0 atom stereocenters. The highest BCUT2D eigenvalue weighted by atomic mass is 35.5. The number of ether oxygens (including phenoxy) is 1. The van der Waals surface area contributed by atoms with Crippen LogP contribution in [0, 0.1) is 5.82 Å². The van der Waals surface area contributed by atoms with E-state index in [9.17, 15) is 17.6 Å². The molecule has 3 N–H and O–H groups in total. The third-order valence-corrected chi connectivity index (χ3v) is 6.75. The fourth-order valence-corrected chi connectivity index (χ4v) is 4.56. The molecule has 220 valence electrons. The number of likely N-dealkylation sites (N-methyl/N-ethyl adjacent to an activating group) is 2. The lowest BCUT2D eigenvalue weighted by Gasteiger charge is -2.26. The molecule has 2 aromatic carbocycles. The molecule has 0 spiro atoms. The van der Waals surface area contributed by atoms with E-state index in [4.69, 9.17) is 16.3 Å². The van der Waals surface area contributed by atoms with Crippen LogP contribution >= 0.6 is 11.6 Å². The molecule has 0 unspecified atom stereocenters. The first-order chi connectivity index (χ1) is 19.3. The first-order valence-electron chi connectivity index (χ1n) is 12.4. The van der Waals surface area contributed by atoms with Gasteiger partial charge in [0.25, 0.3) is 0 Å². The van der Waals surface area contributed by atoms with E-state index in [2.05, 4.69) is 31.9 Å². The van der Waals surface area contributed by atoms with E-state index in [0.29, 0.717) is 34.9 Å². The van der Waals surface area contributed by atoms with Crippen molar-refractivity contribution in [2.45, 2.75) is 6.42 Å². The third-order valence-electron chi connectivity index (χ3n) is 5.84. The van der Waals surface area contributed by atoms with Crippen LogP contribution in [0.1, 0.15) is 11.3 Å². The van der Waals surface area contributed by atoms with Crippen LogP contribution in [0.3, 0.4) is 0 Å². The third kappa shape index (κ3) is 9.03. The van der Waals surface area contributed by atoms with Crippen LogP contribution in [0.5, 0.6) is 5.75 Å². The Morgan fingerprint density at radius 1 is 1.15 bits per heavy atom. The number of benzene rings is 2. The van der Waals surface area contributed by atoms with Gasteiger partial charge in [-0.25, -0.2) is 22.8 Å². The monoisotopic (exact) mass is 605 g/mol. The van der Waals surface area contributed by atoms with E-state index < -0.39 is 15.8 Å². The number of hydrogen-bond acceptors (Lipinski definition) is 9. The lowest BCUT2D eigenvalue weighted by Crippen LogP contribution is -2.29. The molecule has 0 saturated heterocycles. The Kier molecular flexibility index (Phi) is 10.5. The van der Waals surface area contributed by atoms with Crippen LogP contribution in [-0.2, 0) is 21.2 Å². The van der Waals surface area contributed by atoms with Gasteiger partial charge < -0.3 is 25.2 Å². The van der Waals surface area contributed by atoms with Crippen LogP contribution < -0.4 is 25.0 Å². The second kappa shape index (κ2) is 13.6. The Morgan fingerprint density at radius 2 is 1.88 bits per heavy atom. The molecule has 0 aliphatic carbocycles. The Bertz CT molecular complexity index is 1540. The minimum Gasteiger partial charge on any atom is -0.494 e. The standard InChI is InChI=1S/C27H33ClFN7O4S/c1-7-26(37)31-22-14-23(25(40-5)15-24(22)36(4)11-10-35(2)3)33-27-30-16-19(28)21(32-27)13-17-12-18(29)8-9-20(17)34-41(6,38)39/h7-9,12,14-16,34H,1,10-11,13H2,2-6H3,(H,31,37)(H,30,32,33).